The maximum atomic E-state index is 4.51. The van der Waals surface area contributed by atoms with Gasteiger partial charge in [0, 0.05) is 18.6 Å². The number of nitrogens with zero attached hydrogens (tertiary/aromatic N) is 2. The summed E-state index contributed by atoms with van der Waals surface area (Å²) in [6.07, 6.45) is 14.4. The Balaban J connectivity index is 2.17. The lowest BCUT2D eigenvalue weighted by Gasteiger charge is -2.10. The van der Waals surface area contributed by atoms with Gasteiger partial charge in [0.2, 0.25) is 0 Å². The van der Waals surface area contributed by atoms with E-state index in [9.17, 15) is 0 Å². The van der Waals surface area contributed by atoms with E-state index < -0.39 is 0 Å². The van der Waals surface area contributed by atoms with E-state index in [4.69, 9.17) is 0 Å². The maximum absolute atomic E-state index is 4.51. The Labute approximate surface area is 82.6 Å². The van der Waals surface area contributed by atoms with Gasteiger partial charge in [-0.1, -0.05) is 24.3 Å². The monoisotopic (exact) mass is 182 g/mol. The van der Waals surface area contributed by atoms with E-state index in [-0.39, 0.29) is 6.04 Å². The van der Waals surface area contributed by atoms with Crippen LogP contribution in [0.4, 0.5) is 0 Å². The van der Waals surface area contributed by atoms with Crippen molar-refractivity contribution in [3.05, 3.63) is 53.9 Å². The van der Waals surface area contributed by atoms with Crippen molar-refractivity contribution in [3.8, 4) is 0 Å². The van der Waals surface area contributed by atoms with Gasteiger partial charge in [0.1, 0.15) is 0 Å². The van der Waals surface area contributed by atoms with Gasteiger partial charge >= 0.3 is 0 Å². The van der Waals surface area contributed by atoms with Crippen LogP contribution in [-0.2, 0) is 0 Å². The summed E-state index contributed by atoms with van der Waals surface area (Å²) < 4.78 is 2.10. The van der Waals surface area contributed by atoms with Gasteiger partial charge in [-0.25, -0.2) is 0 Å². The Hall–Kier alpha value is -1.83. The summed E-state index contributed by atoms with van der Waals surface area (Å²) in [6, 6.07) is 4.28. The Bertz CT molecular complexity index is 472. The first-order valence-electron chi connectivity index (χ1n) is 4.70. The third-order valence-electron chi connectivity index (χ3n) is 2.50. The summed E-state index contributed by atoms with van der Waals surface area (Å²) in [7, 11) is 0. The molecule has 2 nitrogen and oxygen atoms in total. The van der Waals surface area contributed by atoms with Crippen LogP contribution >= 0.6 is 0 Å². The van der Waals surface area contributed by atoms with E-state index in [1.807, 2.05) is 30.6 Å². The van der Waals surface area contributed by atoms with Crippen LogP contribution in [0.2, 0.25) is 0 Å². The highest BCUT2D eigenvalue weighted by Gasteiger charge is 2.12. The van der Waals surface area contributed by atoms with Crippen molar-refractivity contribution in [2.75, 3.05) is 0 Å². The lowest BCUT2D eigenvalue weighted by Crippen LogP contribution is -2.04. The predicted molar refractivity (Wildman–Crippen MR) is 58.4 cm³/mol. The number of fused-ring (bicyclic) bond motifs is 2. The molecule has 14 heavy (non-hydrogen) atoms. The molecule has 0 aromatic carbocycles. The summed E-state index contributed by atoms with van der Waals surface area (Å²) in [5.41, 5.74) is 2.37. The van der Waals surface area contributed by atoms with E-state index in [2.05, 4.69) is 34.0 Å². The molecule has 1 unspecified atom stereocenters. The molecule has 1 aliphatic carbocycles. The number of hydrogen-bond acceptors (Lipinski definition) is 1. The minimum absolute atomic E-state index is 0.194. The van der Waals surface area contributed by atoms with Crippen molar-refractivity contribution >= 4 is 12.4 Å². The third kappa shape index (κ3) is 1.08. The molecular weight excluding hydrogens is 172 g/mol. The van der Waals surface area contributed by atoms with E-state index >= 15 is 0 Å². The second-order valence-corrected chi connectivity index (χ2v) is 3.44. The lowest BCUT2D eigenvalue weighted by atomic mass is 10.0. The summed E-state index contributed by atoms with van der Waals surface area (Å²) in [6.45, 7) is 0. The average Bonchev–Trinajstić information content (AvgIpc) is 2.58. The number of allylic oxidation sites excluding steroid dienone is 2. The van der Waals surface area contributed by atoms with E-state index in [0.717, 1.165) is 5.69 Å². The molecule has 0 N–H and O–H groups in total. The molecular formula is C12H10N2. The van der Waals surface area contributed by atoms with Crippen LogP contribution in [-0.4, -0.2) is 16.8 Å². The van der Waals surface area contributed by atoms with Crippen LogP contribution < -0.4 is 0 Å². The number of aliphatic imine (C=N–C) groups is 1. The Morgan fingerprint density at radius 1 is 1.29 bits per heavy atom. The molecule has 3 rings (SSSR count). The SMILES string of the molecule is C1=CC2=Cn3cccc3C=NC2C=C1. The fourth-order valence-corrected chi connectivity index (χ4v) is 1.75. The first kappa shape index (κ1) is 7.56. The fraction of sp³-hybridized carbons (Fsp3) is 0.0833. The molecule has 0 radical (unpaired) electrons. The van der Waals surface area contributed by atoms with Crippen LogP contribution in [0.15, 0.2) is 53.2 Å². The van der Waals surface area contributed by atoms with Gasteiger partial charge in [-0.3, -0.25) is 4.99 Å². The van der Waals surface area contributed by atoms with Crippen LogP contribution in [0.5, 0.6) is 0 Å². The molecule has 1 aromatic heterocycles. The predicted octanol–water partition coefficient (Wildman–Crippen LogP) is 2.26. The minimum atomic E-state index is 0.194. The lowest BCUT2D eigenvalue weighted by molar-refractivity contribution is 0.984. The van der Waals surface area contributed by atoms with Gasteiger partial charge < -0.3 is 4.57 Å². The second-order valence-electron chi connectivity index (χ2n) is 3.44. The first-order chi connectivity index (χ1) is 6.93. The fourth-order valence-electron chi connectivity index (χ4n) is 1.75. The number of aromatic nitrogens is 1. The third-order valence-corrected chi connectivity index (χ3v) is 2.50. The molecule has 2 aliphatic rings. The van der Waals surface area contributed by atoms with Gasteiger partial charge in [-0.05, 0) is 17.7 Å². The molecule has 2 heteroatoms. The quantitative estimate of drug-likeness (QED) is 0.585. The smallest absolute Gasteiger partial charge is 0.0948 e. The van der Waals surface area contributed by atoms with Gasteiger partial charge in [-0.2, -0.15) is 0 Å². The topological polar surface area (TPSA) is 17.3 Å². The highest BCUT2D eigenvalue weighted by Crippen LogP contribution is 2.19. The largest absolute Gasteiger partial charge is 0.322 e. The van der Waals surface area contributed by atoms with Gasteiger partial charge in [0.05, 0.1) is 11.7 Å². The second kappa shape index (κ2) is 2.84. The molecule has 2 heterocycles. The zero-order chi connectivity index (χ0) is 9.38. The van der Waals surface area contributed by atoms with Gasteiger partial charge in [0.25, 0.3) is 0 Å². The van der Waals surface area contributed by atoms with Crippen molar-refractivity contribution in [3.63, 3.8) is 0 Å². The molecule has 1 aromatic rings. The summed E-state index contributed by atoms with van der Waals surface area (Å²) in [5.74, 6) is 0. The van der Waals surface area contributed by atoms with Gasteiger partial charge in [-0.15, -0.1) is 0 Å². The zero-order valence-electron chi connectivity index (χ0n) is 7.67. The molecule has 0 spiro atoms. The number of rotatable bonds is 0. The molecule has 0 saturated heterocycles. The molecule has 0 saturated carbocycles. The highest BCUT2D eigenvalue weighted by molar-refractivity contribution is 5.81. The summed E-state index contributed by atoms with van der Waals surface area (Å²) in [5, 5.41) is 0. The highest BCUT2D eigenvalue weighted by atomic mass is 15.0. The average molecular weight is 182 g/mol. The van der Waals surface area contributed by atoms with Crippen molar-refractivity contribution in [1.29, 1.82) is 0 Å². The van der Waals surface area contributed by atoms with Crippen molar-refractivity contribution in [2.45, 2.75) is 6.04 Å². The molecule has 0 bridgehead atoms. The summed E-state index contributed by atoms with van der Waals surface area (Å²) in [4.78, 5) is 4.51. The Morgan fingerprint density at radius 2 is 2.29 bits per heavy atom. The van der Waals surface area contributed by atoms with Crippen LogP contribution in [0, 0.1) is 0 Å². The normalized spacial score (nSPS) is 22.6. The molecule has 1 atom stereocenters. The first-order valence-corrected chi connectivity index (χ1v) is 4.70. The Kier molecular flexibility index (Phi) is 1.53. The molecule has 68 valence electrons. The molecule has 1 aliphatic heterocycles. The van der Waals surface area contributed by atoms with Crippen LogP contribution in [0.1, 0.15) is 5.69 Å². The van der Waals surface area contributed by atoms with E-state index in [1.165, 1.54) is 5.57 Å². The van der Waals surface area contributed by atoms with Crippen molar-refractivity contribution in [1.82, 2.24) is 4.57 Å². The minimum Gasteiger partial charge on any atom is -0.322 e. The molecule has 0 fully saturated rings. The standard InChI is InChI=1S/C12H10N2/c1-2-6-12-10(4-1)9-14-7-3-5-11(14)8-13-12/h1-9,12H. The van der Waals surface area contributed by atoms with E-state index in [1.54, 1.807) is 0 Å². The van der Waals surface area contributed by atoms with Crippen molar-refractivity contribution < 1.29 is 0 Å². The van der Waals surface area contributed by atoms with Gasteiger partial charge in [0.15, 0.2) is 0 Å². The van der Waals surface area contributed by atoms with Crippen molar-refractivity contribution in [2.24, 2.45) is 4.99 Å². The molecule has 0 amide bonds. The van der Waals surface area contributed by atoms with Crippen LogP contribution in [0.25, 0.3) is 6.20 Å². The number of hydrogen-bond donors (Lipinski definition) is 0. The van der Waals surface area contributed by atoms with Crippen LogP contribution in [0.3, 0.4) is 0 Å². The maximum Gasteiger partial charge on any atom is 0.0948 e. The van der Waals surface area contributed by atoms with E-state index in [0.29, 0.717) is 0 Å². The zero-order valence-corrected chi connectivity index (χ0v) is 7.67. The Morgan fingerprint density at radius 3 is 3.29 bits per heavy atom. The summed E-state index contributed by atoms with van der Waals surface area (Å²) >= 11 is 0.